The molecule has 8 heteroatoms. The van der Waals surface area contributed by atoms with E-state index in [1.165, 1.54) is 24.3 Å². The Kier molecular flexibility index (Phi) is 5.02. The van der Waals surface area contributed by atoms with Gasteiger partial charge in [-0.15, -0.1) is 0 Å². The topological polar surface area (TPSA) is 70.2 Å². The van der Waals surface area contributed by atoms with E-state index in [0.29, 0.717) is 31.2 Å². The lowest BCUT2D eigenvalue weighted by atomic mass is 10.1. The van der Waals surface area contributed by atoms with E-state index in [1.807, 2.05) is 4.90 Å². The molecule has 0 saturated carbocycles. The highest BCUT2D eigenvalue weighted by atomic mass is 19.1. The third-order valence-electron chi connectivity index (χ3n) is 5.33. The van der Waals surface area contributed by atoms with Crippen molar-refractivity contribution in [3.8, 4) is 0 Å². The molecule has 0 aliphatic carbocycles. The van der Waals surface area contributed by atoms with Gasteiger partial charge < -0.3 is 9.74 Å². The van der Waals surface area contributed by atoms with Crippen molar-refractivity contribution in [1.29, 1.82) is 0 Å². The summed E-state index contributed by atoms with van der Waals surface area (Å²) in [5.41, 5.74) is 1.38. The van der Waals surface area contributed by atoms with Crippen LogP contribution in [0.3, 0.4) is 0 Å². The fourth-order valence-electron chi connectivity index (χ4n) is 3.58. The Morgan fingerprint density at radius 1 is 0.931 bits per heavy atom. The summed E-state index contributed by atoms with van der Waals surface area (Å²) in [5.74, 6) is -2.20. The molecule has 2 aromatic carbocycles. The van der Waals surface area contributed by atoms with Crippen LogP contribution in [0, 0.1) is 5.82 Å². The minimum atomic E-state index is -0.658. The van der Waals surface area contributed by atoms with Crippen molar-refractivity contribution in [3.05, 3.63) is 65.5 Å². The molecular formula is C21H20FN3O4. The standard InChI is InChI=1S/C21H20FN3O4/c1-14(23-10-12-24(13-11-23)16-8-6-15(22)7-9-16)21(28)29-25-19(26)17-4-2-3-5-18(17)20(25)27/h2-9,14H,10-13H2,1H3. The van der Waals surface area contributed by atoms with Crippen LogP contribution in [0.1, 0.15) is 27.6 Å². The van der Waals surface area contributed by atoms with Gasteiger partial charge in [-0.1, -0.05) is 17.2 Å². The van der Waals surface area contributed by atoms with E-state index in [1.54, 1.807) is 31.2 Å². The van der Waals surface area contributed by atoms with Crippen LogP contribution in [0.5, 0.6) is 0 Å². The molecule has 0 bridgehead atoms. The summed E-state index contributed by atoms with van der Waals surface area (Å²) in [6.07, 6.45) is 0. The molecule has 7 nitrogen and oxygen atoms in total. The second-order valence-corrected chi connectivity index (χ2v) is 7.04. The molecule has 1 atom stereocenters. The van der Waals surface area contributed by atoms with Gasteiger partial charge in [0.1, 0.15) is 11.9 Å². The van der Waals surface area contributed by atoms with E-state index in [4.69, 9.17) is 4.84 Å². The van der Waals surface area contributed by atoms with Gasteiger partial charge in [0, 0.05) is 31.9 Å². The Balaban J connectivity index is 1.35. The van der Waals surface area contributed by atoms with Crippen molar-refractivity contribution >= 4 is 23.5 Å². The number of nitrogens with zero attached hydrogens (tertiary/aromatic N) is 3. The lowest BCUT2D eigenvalue weighted by Crippen LogP contribution is -2.53. The summed E-state index contributed by atoms with van der Waals surface area (Å²) < 4.78 is 13.1. The minimum absolute atomic E-state index is 0.228. The third-order valence-corrected chi connectivity index (χ3v) is 5.33. The van der Waals surface area contributed by atoms with Crippen LogP contribution < -0.4 is 4.90 Å². The van der Waals surface area contributed by atoms with Gasteiger partial charge in [0.15, 0.2) is 0 Å². The van der Waals surface area contributed by atoms with Gasteiger partial charge in [-0.2, -0.15) is 0 Å². The zero-order chi connectivity index (χ0) is 20.5. The van der Waals surface area contributed by atoms with Crippen molar-refractivity contribution in [2.45, 2.75) is 13.0 Å². The lowest BCUT2D eigenvalue weighted by molar-refractivity contribution is -0.174. The SMILES string of the molecule is CC(C(=O)ON1C(=O)c2ccccc2C1=O)N1CCN(c2ccc(F)cc2)CC1. The predicted octanol–water partition coefficient (Wildman–Crippen LogP) is 2.09. The third kappa shape index (κ3) is 3.58. The summed E-state index contributed by atoms with van der Waals surface area (Å²) in [7, 11) is 0. The Bertz CT molecular complexity index is 920. The summed E-state index contributed by atoms with van der Waals surface area (Å²) in [5, 5.41) is 0.540. The van der Waals surface area contributed by atoms with Gasteiger partial charge in [-0.3, -0.25) is 14.5 Å². The van der Waals surface area contributed by atoms with E-state index in [2.05, 4.69) is 4.90 Å². The molecule has 1 unspecified atom stereocenters. The van der Waals surface area contributed by atoms with Crippen LogP contribution in [-0.4, -0.2) is 60.0 Å². The van der Waals surface area contributed by atoms with Crippen LogP contribution in [0.25, 0.3) is 0 Å². The van der Waals surface area contributed by atoms with E-state index in [0.717, 1.165) is 5.69 Å². The van der Waals surface area contributed by atoms with E-state index < -0.39 is 23.8 Å². The average Bonchev–Trinajstić information content (AvgIpc) is 2.99. The van der Waals surface area contributed by atoms with Gasteiger partial charge in [0.25, 0.3) is 11.8 Å². The molecule has 29 heavy (non-hydrogen) atoms. The number of carbonyl (C=O) groups is 3. The number of hydrogen-bond donors (Lipinski definition) is 0. The maximum atomic E-state index is 13.1. The van der Waals surface area contributed by atoms with Crippen molar-refractivity contribution in [3.63, 3.8) is 0 Å². The molecular weight excluding hydrogens is 377 g/mol. The number of fused-ring (bicyclic) bond motifs is 1. The Labute approximate surface area is 167 Å². The molecule has 4 rings (SSSR count). The Morgan fingerprint density at radius 2 is 1.48 bits per heavy atom. The number of amides is 2. The second kappa shape index (κ2) is 7.63. The first-order valence-corrected chi connectivity index (χ1v) is 9.40. The van der Waals surface area contributed by atoms with Gasteiger partial charge in [-0.25, -0.2) is 9.18 Å². The first kappa shape index (κ1) is 19.1. The first-order valence-electron chi connectivity index (χ1n) is 9.40. The van der Waals surface area contributed by atoms with Crippen molar-refractivity contribution in [2.75, 3.05) is 31.1 Å². The monoisotopic (exact) mass is 397 g/mol. The van der Waals surface area contributed by atoms with E-state index in [-0.39, 0.29) is 16.9 Å². The number of benzene rings is 2. The highest BCUT2D eigenvalue weighted by Gasteiger charge is 2.40. The molecule has 2 aliphatic heterocycles. The number of halogens is 1. The molecule has 150 valence electrons. The molecule has 2 heterocycles. The number of rotatable bonds is 4. The molecule has 0 N–H and O–H groups in total. The van der Waals surface area contributed by atoms with Crippen LogP contribution in [0.4, 0.5) is 10.1 Å². The van der Waals surface area contributed by atoms with Crippen molar-refractivity contribution in [1.82, 2.24) is 9.96 Å². The maximum absolute atomic E-state index is 13.1. The fraction of sp³-hybridized carbons (Fsp3) is 0.286. The molecule has 1 saturated heterocycles. The van der Waals surface area contributed by atoms with Gasteiger partial charge in [-0.05, 0) is 43.3 Å². The smallest absolute Gasteiger partial charge is 0.349 e. The van der Waals surface area contributed by atoms with Crippen molar-refractivity contribution < 1.29 is 23.6 Å². The quantitative estimate of drug-likeness (QED) is 0.736. The Morgan fingerprint density at radius 3 is 2.03 bits per heavy atom. The number of anilines is 1. The summed E-state index contributed by atoms with van der Waals surface area (Å²) in [4.78, 5) is 46.5. The molecule has 0 aromatic heterocycles. The second-order valence-electron chi connectivity index (χ2n) is 7.04. The summed E-state index contributed by atoms with van der Waals surface area (Å²) in [6, 6.07) is 12.0. The molecule has 2 aromatic rings. The first-order chi connectivity index (χ1) is 14.0. The van der Waals surface area contributed by atoms with Crippen LogP contribution >= 0.6 is 0 Å². The van der Waals surface area contributed by atoms with Gasteiger partial charge in [0.2, 0.25) is 0 Å². The molecule has 1 fully saturated rings. The Hall–Kier alpha value is -3.26. The van der Waals surface area contributed by atoms with E-state index >= 15 is 0 Å². The average molecular weight is 397 g/mol. The zero-order valence-electron chi connectivity index (χ0n) is 15.9. The van der Waals surface area contributed by atoms with Crippen molar-refractivity contribution in [2.24, 2.45) is 0 Å². The highest BCUT2D eigenvalue weighted by molar-refractivity contribution is 6.20. The fourth-order valence-corrected chi connectivity index (χ4v) is 3.58. The van der Waals surface area contributed by atoms with Gasteiger partial charge in [0.05, 0.1) is 11.1 Å². The maximum Gasteiger partial charge on any atom is 0.349 e. The van der Waals surface area contributed by atoms with Gasteiger partial charge >= 0.3 is 5.97 Å². The summed E-state index contributed by atoms with van der Waals surface area (Å²) in [6.45, 7) is 4.20. The van der Waals surface area contributed by atoms with Crippen LogP contribution in [-0.2, 0) is 9.63 Å². The number of imide groups is 1. The number of hydrogen-bond acceptors (Lipinski definition) is 6. The largest absolute Gasteiger partial charge is 0.369 e. The number of carbonyl (C=O) groups excluding carboxylic acids is 3. The number of piperazine rings is 1. The molecule has 0 spiro atoms. The zero-order valence-corrected chi connectivity index (χ0v) is 15.9. The predicted molar refractivity (Wildman–Crippen MR) is 103 cm³/mol. The minimum Gasteiger partial charge on any atom is -0.369 e. The summed E-state index contributed by atoms with van der Waals surface area (Å²) >= 11 is 0. The molecule has 2 aliphatic rings. The highest BCUT2D eigenvalue weighted by Crippen LogP contribution is 2.23. The molecule has 2 amide bonds. The van der Waals surface area contributed by atoms with E-state index in [9.17, 15) is 18.8 Å². The van der Waals surface area contributed by atoms with Crippen LogP contribution in [0.15, 0.2) is 48.5 Å². The van der Waals surface area contributed by atoms with Crippen LogP contribution in [0.2, 0.25) is 0 Å². The number of hydroxylamine groups is 2. The lowest BCUT2D eigenvalue weighted by Gasteiger charge is -2.38. The molecule has 0 radical (unpaired) electrons. The normalized spacial score (nSPS) is 18.0.